The highest BCUT2D eigenvalue weighted by molar-refractivity contribution is 5.98. The van der Waals surface area contributed by atoms with Crippen LogP contribution in [0.3, 0.4) is 0 Å². The van der Waals surface area contributed by atoms with Crippen molar-refractivity contribution in [3.8, 4) is 0 Å². The number of aromatic nitrogens is 1. The molecule has 0 bridgehead atoms. The third-order valence-corrected chi connectivity index (χ3v) is 4.81. The number of carbonyl (C=O) groups excluding carboxylic acids is 2. The molecule has 0 unspecified atom stereocenters. The van der Waals surface area contributed by atoms with Crippen LogP contribution in [0.2, 0.25) is 0 Å². The SMILES string of the molecule is Cc1ccc2[nH]c(C(=O)N[C@H]3CCCC[C@H]3NC(=O)OC(C)(C)C)cc2c1. The van der Waals surface area contributed by atoms with Crippen molar-refractivity contribution in [2.24, 2.45) is 0 Å². The summed E-state index contributed by atoms with van der Waals surface area (Å²) < 4.78 is 5.36. The van der Waals surface area contributed by atoms with Crippen LogP contribution in [-0.2, 0) is 4.74 Å². The van der Waals surface area contributed by atoms with Crippen LogP contribution in [0.1, 0.15) is 62.5 Å². The van der Waals surface area contributed by atoms with E-state index in [-0.39, 0.29) is 18.0 Å². The van der Waals surface area contributed by atoms with E-state index < -0.39 is 11.7 Å². The molecule has 1 aromatic heterocycles. The van der Waals surface area contributed by atoms with Gasteiger partial charge in [-0.2, -0.15) is 0 Å². The normalized spacial score (nSPS) is 20.3. The van der Waals surface area contributed by atoms with Crippen molar-refractivity contribution in [2.75, 3.05) is 0 Å². The van der Waals surface area contributed by atoms with Crippen LogP contribution in [0.15, 0.2) is 24.3 Å². The molecule has 146 valence electrons. The number of benzene rings is 1. The Morgan fingerprint density at radius 3 is 2.41 bits per heavy atom. The first-order valence-corrected chi connectivity index (χ1v) is 9.61. The third-order valence-electron chi connectivity index (χ3n) is 4.81. The van der Waals surface area contributed by atoms with Gasteiger partial charge >= 0.3 is 6.09 Å². The van der Waals surface area contributed by atoms with Crippen molar-refractivity contribution in [3.05, 3.63) is 35.5 Å². The Bertz CT molecular complexity index is 835. The summed E-state index contributed by atoms with van der Waals surface area (Å²) >= 11 is 0. The number of fused-ring (bicyclic) bond motifs is 1. The van der Waals surface area contributed by atoms with E-state index >= 15 is 0 Å². The van der Waals surface area contributed by atoms with Crippen LogP contribution in [-0.4, -0.2) is 34.7 Å². The van der Waals surface area contributed by atoms with Crippen LogP contribution in [0.4, 0.5) is 4.79 Å². The number of hydrogen-bond donors (Lipinski definition) is 3. The highest BCUT2D eigenvalue weighted by Gasteiger charge is 2.30. The first-order valence-electron chi connectivity index (χ1n) is 9.61. The summed E-state index contributed by atoms with van der Waals surface area (Å²) in [5.41, 5.74) is 2.09. The largest absolute Gasteiger partial charge is 0.444 e. The Kier molecular flexibility index (Phi) is 5.44. The summed E-state index contributed by atoms with van der Waals surface area (Å²) in [7, 11) is 0. The topological polar surface area (TPSA) is 83.2 Å². The van der Waals surface area contributed by atoms with E-state index in [0.29, 0.717) is 5.69 Å². The van der Waals surface area contributed by atoms with Gasteiger partial charge in [0.2, 0.25) is 0 Å². The first-order chi connectivity index (χ1) is 12.7. The second-order valence-corrected chi connectivity index (χ2v) is 8.39. The number of aryl methyl sites for hydroxylation is 1. The lowest BCUT2D eigenvalue weighted by Gasteiger charge is -2.33. The average molecular weight is 371 g/mol. The van der Waals surface area contributed by atoms with Crippen molar-refractivity contribution >= 4 is 22.9 Å². The molecule has 1 fully saturated rings. The van der Waals surface area contributed by atoms with Crippen molar-refractivity contribution < 1.29 is 14.3 Å². The highest BCUT2D eigenvalue weighted by atomic mass is 16.6. The lowest BCUT2D eigenvalue weighted by Crippen LogP contribution is -2.54. The molecule has 0 radical (unpaired) electrons. The summed E-state index contributed by atoms with van der Waals surface area (Å²) in [6.45, 7) is 7.54. The summed E-state index contributed by atoms with van der Waals surface area (Å²) in [6, 6.07) is 7.70. The fraction of sp³-hybridized carbons (Fsp3) is 0.524. The molecule has 0 aliphatic heterocycles. The number of ether oxygens (including phenoxy) is 1. The zero-order valence-corrected chi connectivity index (χ0v) is 16.5. The van der Waals surface area contributed by atoms with Crippen LogP contribution >= 0.6 is 0 Å². The quantitative estimate of drug-likeness (QED) is 0.761. The Balaban J connectivity index is 1.67. The minimum Gasteiger partial charge on any atom is -0.444 e. The van der Waals surface area contributed by atoms with Crippen molar-refractivity contribution in [3.63, 3.8) is 0 Å². The molecule has 3 N–H and O–H groups in total. The minimum atomic E-state index is -0.542. The predicted molar refractivity (Wildman–Crippen MR) is 106 cm³/mol. The molecule has 1 saturated carbocycles. The van der Waals surface area contributed by atoms with E-state index in [1.54, 1.807) is 0 Å². The molecular formula is C21H29N3O3. The number of carbonyl (C=O) groups is 2. The van der Waals surface area contributed by atoms with Crippen LogP contribution in [0, 0.1) is 6.92 Å². The zero-order chi connectivity index (χ0) is 19.6. The van der Waals surface area contributed by atoms with E-state index in [1.807, 2.05) is 45.9 Å². The van der Waals surface area contributed by atoms with E-state index in [2.05, 4.69) is 21.7 Å². The molecule has 0 spiro atoms. The van der Waals surface area contributed by atoms with Gasteiger partial charge < -0.3 is 20.4 Å². The molecule has 1 heterocycles. The first kappa shape index (κ1) is 19.3. The second-order valence-electron chi connectivity index (χ2n) is 8.39. The Morgan fingerprint density at radius 2 is 1.74 bits per heavy atom. The molecule has 27 heavy (non-hydrogen) atoms. The standard InChI is InChI=1S/C21H29N3O3/c1-13-9-10-15-14(11-13)12-18(22-15)19(25)23-16-7-5-6-8-17(16)24-20(26)27-21(2,3)4/h9-12,16-17,22H,5-8H2,1-4H3,(H,23,25)(H,24,26)/t16-,17+/m0/s1. The Hall–Kier alpha value is -2.50. The van der Waals surface area contributed by atoms with Gasteiger partial charge in [-0.3, -0.25) is 4.79 Å². The fourth-order valence-corrected chi connectivity index (χ4v) is 3.56. The average Bonchev–Trinajstić information content (AvgIpc) is 2.98. The second kappa shape index (κ2) is 7.62. The maximum Gasteiger partial charge on any atom is 0.407 e. The lowest BCUT2D eigenvalue weighted by atomic mass is 9.90. The van der Waals surface area contributed by atoms with Gasteiger partial charge in [-0.05, 0) is 58.7 Å². The number of aromatic amines is 1. The van der Waals surface area contributed by atoms with Crippen LogP contribution in [0.5, 0.6) is 0 Å². The molecule has 2 amide bonds. The Labute approximate surface area is 160 Å². The number of hydrogen-bond acceptors (Lipinski definition) is 3. The molecule has 1 aliphatic rings. The molecule has 1 aliphatic carbocycles. The van der Waals surface area contributed by atoms with Gasteiger partial charge in [0.1, 0.15) is 11.3 Å². The zero-order valence-electron chi connectivity index (χ0n) is 16.5. The van der Waals surface area contributed by atoms with E-state index in [1.165, 1.54) is 0 Å². The molecule has 3 rings (SSSR count). The highest BCUT2D eigenvalue weighted by Crippen LogP contribution is 2.21. The van der Waals surface area contributed by atoms with Crippen molar-refractivity contribution in [2.45, 2.75) is 71.1 Å². The molecular weight excluding hydrogens is 342 g/mol. The van der Waals surface area contributed by atoms with E-state index in [9.17, 15) is 9.59 Å². The van der Waals surface area contributed by atoms with Gasteiger partial charge in [-0.15, -0.1) is 0 Å². The van der Waals surface area contributed by atoms with E-state index in [4.69, 9.17) is 4.74 Å². The number of rotatable bonds is 3. The van der Waals surface area contributed by atoms with Crippen LogP contribution < -0.4 is 10.6 Å². The maximum atomic E-state index is 12.7. The number of nitrogens with one attached hydrogen (secondary N) is 3. The van der Waals surface area contributed by atoms with Gasteiger partial charge in [-0.1, -0.05) is 24.5 Å². The minimum absolute atomic E-state index is 0.105. The van der Waals surface area contributed by atoms with E-state index in [0.717, 1.165) is 42.1 Å². The molecule has 1 aromatic carbocycles. The van der Waals surface area contributed by atoms with Gasteiger partial charge in [-0.25, -0.2) is 4.79 Å². The van der Waals surface area contributed by atoms with Gasteiger partial charge in [0.15, 0.2) is 0 Å². The number of alkyl carbamates (subject to hydrolysis) is 1. The smallest absolute Gasteiger partial charge is 0.407 e. The molecule has 6 nitrogen and oxygen atoms in total. The molecule has 6 heteroatoms. The summed E-state index contributed by atoms with van der Waals surface area (Å²) in [4.78, 5) is 28.0. The van der Waals surface area contributed by atoms with Crippen LogP contribution in [0.25, 0.3) is 10.9 Å². The number of H-pyrrole nitrogens is 1. The van der Waals surface area contributed by atoms with Gasteiger partial charge in [0, 0.05) is 16.9 Å². The van der Waals surface area contributed by atoms with Crippen molar-refractivity contribution in [1.29, 1.82) is 0 Å². The molecule has 2 atom stereocenters. The maximum absolute atomic E-state index is 12.7. The summed E-state index contributed by atoms with van der Waals surface area (Å²) in [5.74, 6) is -0.147. The van der Waals surface area contributed by atoms with Crippen molar-refractivity contribution in [1.82, 2.24) is 15.6 Å². The summed E-state index contributed by atoms with van der Waals surface area (Å²) in [5, 5.41) is 7.04. The fourth-order valence-electron chi connectivity index (χ4n) is 3.56. The third kappa shape index (κ3) is 5.02. The monoisotopic (exact) mass is 371 g/mol. The van der Waals surface area contributed by atoms with Gasteiger partial charge in [0.25, 0.3) is 5.91 Å². The number of amides is 2. The van der Waals surface area contributed by atoms with Gasteiger partial charge in [0.05, 0.1) is 6.04 Å². The Morgan fingerprint density at radius 1 is 1.07 bits per heavy atom. The molecule has 0 saturated heterocycles. The summed E-state index contributed by atoms with van der Waals surface area (Å²) in [6.07, 6.45) is 3.29. The lowest BCUT2D eigenvalue weighted by molar-refractivity contribution is 0.0474. The predicted octanol–water partition coefficient (Wildman–Crippen LogP) is 4.04. The molecule has 2 aromatic rings.